The summed E-state index contributed by atoms with van der Waals surface area (Å²) in [5, 5.41) is 12.3. The van der Waals surface area contributed by atoms with Gasteiger partial charge in [0.1, 0.15) is 0 Å². The summed E-state index contributed by atoms with van der Waals surface area (Å²) in [6.07, 6.45) is 2.54. The van der Waals surface area contributed by atoms with Gasteiger partial charge in [-0.2, -0.15) is 11.8 Å². The highest BCUT2D eigenvalue weighted by atomic mass is 32.2. The maximum atomic E-state index is 11.2. The van der Waals surface area contributed by atoms with Crippen LogP contribution in [0.3, 0.4) is 0 Å². The molecule has 6 nitrogen and oxygen atoms in total. The van der Waals surface area contributed by atoms with Crippen molar-refractivity contribution in [2.24, 2.45) is 10.1 Å². The van der Waals surface area contributed by atoms with Crippen LogP contribution in [0.5, 0.6) is 0 Å². The molecule has 0 saturated carbocycles. The van der Waals surface area contributed by atoms with Gasteiger partial charge in [0.2, 0.25) is 10.0 Å². The SMILES string of the molecule is CN=C(NCc1ccc(S(N)(=O)=O)cc1)NCC1CCCS1. The van der Waals surface area contributed by atoms with Crippen molar-refractivity contribution in [3.05, 3.63) is 29.8 Å². The molecule has 2 rings (SSSR count). The van der Waals surface area contributed by atoms with E-state index in [1.165, 1.54) is 30.7 Å². The molecule has 0 bridgehead atoms. The number of benzene rings is 1. The molecule has 1 aliphatic heterocycles. The summed E-state index contributed by atoms with van der Waals surface area (Å²) < 4.78 is 22.4. The molecule has 1 unspecified atom stereocenters. The molecule has 1 atom stereocenters. The number of aliphatic imine (C=N–C) groups is 1. The van der Waals surface area contributed by atoms with Crippen LogP contribution in [-0.2, 0) is 16.6 Å². The van der Waals surface area contributed by atoms with Gasteiger partial charge in [0.25, 0.3) is 0 Å². The van der Waals surface area contributed by atoms with Crippen LogP contribution in [-0.4, -0.2) is 39.0 Å². The van der Waals surface area contributed by atoms with E-state index < -0.39 is 10.0 Å². The average Bonchev–Trinajstić information content (AvgIpc) is 3.00. The van der Waals surface area contributed by atoms with E-state index in [1.807, 2.05) is 11.8 Å². The number of hydrogen-bond donors (Lipinski definition) is 3. The van der Waals surface area contributed by atoms with Crippen molar-refractivity contribution in [3.8, 4) is 0 Å². The summed E-state index contributed by atoms with van der Waals surface area (Å²) in [5.41, 5.74) is 0.964. The molecule has 1 aromatic carbocycles. The van der Waals surface area contributed by atoms with Gasteiger partial charge < -0.3 is 10.6 Å². The highest BCUT2D eigenvalue weighted by Gasteiger charge is 2.15. The fourth-order valence-corrected chi connectivity index (χ4v) is 3.94. The molecular formula is C14H22N4O2S2. The zero-order chi connectivity index (χ0) is 16.0. The first-order valence-corrected chi connectivity index (χ1v) is 9.76. The zero-order valence-corrected chi connectivity index (χ0v) is 14.2. The molecule has 0 aliphatic carbocycles. The topological polar surface area (TPSA) is 96.6 Å². The van der Waals surface area contributed by atoms with Gasteiger partial charge in [-0.3, -0.25) is 4.99 Å². The second-order valence-corrected chi connectivity index (χ2v) is 8.10. The van der Waals surface area contributed by atoms with Crippen LogP contribution in [0.25, 0.3) is 0 Å². The van der Waals surface area contributed by atoms with Crippen molar-refractivity contribution < 1.29 is 8.42 Å². The van der Waals surface area contributed by atoms with E-state index in [-0.39, 0.29) is 4.90 Å². The van der Waals surface area contributed by atoms with Crippen LogP contribution in [0.4, 0.5) is 0 Å². The number of nitrogens with one attached hydrogen (secondary N) is 2. The van der Waals surface area contributed by atoms with E-state index in [1.54, 1.807) is 19.2 Å². The maximum absolute atomic E-state index is 11.2. The minimum absolute atomic E-state index is 0.122. The summed E-state index contributed by atoms with van der Waals surface area (Å²) in [6, 6.07) is 6.51. The first-order chi connectivity index (χ1) is 10.5. The Labute approximate surface area is 136 Å². The molecule has 1 aliphatic rings. The first-order valence-electron chi connectivity index (χ1n) is 7.17. The molecule has 22 heavy (non-hydrogen) atoms. The van der Waals surface area contributed by atoms with Crippen molar-refractivity contribution in [1.82, 2.24) is 10.6 Å². The van der Waals surface area contributed by atoms with Crippen molar-refractivity contribution in [1.29, 1.82) is 0 Å². The Kier molecular flexibility index (Phi) is 6.10. The Morgan fingerprint density at radius 2 is 2.09 bits per heavy atom. The van der Waals surface area contributed by atoms with E-state index in [2.05, 4.69) is 15.6 Å². The Morgan fingerprint density at radius 3 is 2.64 bits per heavy atom. The molecule has 0 amide bonds. The van der Waals surface area contributed by atoms with Crippen molar-refractivity contribution in [2.75, 3.05) is 19.3 Å². The van der Waals surface area contributed by atoms with E-state index in [0.717, 1.165) is 18.1 Å². The molecular weight excluding hydrogens is 320 g/mol. The van der Waals surface area contributed by atoms with Gasteiger partial charge >= 0.3 is 0 Å². The second kappa shape index (κ2) is 7.85. The Hall–Kier alpha value is -1.25. The molecule has 0 radical (unpaired) electrons. The maximum Gasteiger partial charge on any atom is 0.238 e. The predicted octanol–water partition coefficient (Wildman–Crippen LogP) is 0.895. The lowest BCUT2D eigenvalue weighted by Crippen LogP contribution is -2.39. The fourth-order valence-electron chi connectivity index (χ4n) is 2.22. The molecule has 122 valence electrons. The average molecular weight is 342 g/mol. The number of guanidine groups is 1. The third-order valence-corrected chi connectivity index (χ3v) is 5.78. The third kappa shape index (κ3) is 5.19. The van der Waals surface area contributed by atoms with Crippen molar-refractivity contribution in [3.63, 3.8) is 0 Å². The Balaban J connectivity index is 1.82. The molecule has 1 aromatic rings. The normalized spacial score (nSPS) is 19.2. The lowest BCUT2D eigenvalue weighted by molar-refractivity contribution is 0.597. The van der Waals surface area contributed by atoms with Gasteiger partial charge in [0.15, 0.2) is 5.96 Å². The highest BCUT2D eigenvalue weighted by Crippen LogP contribution is 2.25. The largest absolute Gasteiger partial charge is 0.355 e. The predicted molar refractivity (Wildman–Crippen MR) is 91.5 cm³/mol. The van der Waals surface area contributed by atoms with Gasteiger partial charge in [-0.1, -0.05) is 12.1 Å². The number of hydrogen-bond acceptors (Lipinski definition) is 4. The molecule has 0 aromatic heterocycles. The fraction of sp³-hybridized carbons (Fsp3) is 0.500. The Bertz CT molecular complexity index is 608. The Morgan fingerprint density at radius 1 is 1.36 bits per heavy atom. The third-order valence-electron chi connectivity index (χ3n) is 3.46. The summed E-state index contributed by atoms with van der Waals surface area (Å²) in [5.74, 6) is 2.00. The minimum atomic E-state index is -3.63. The molecule has 0 spiro atoms. The van der Waals surface area contributed by atoms with Crippen molar-refractivity contribution in [2.45, 2.75) is 29.5 Å². The van der Waals surface area contributed by atoms with Crippen LogP contribution in [0.1, 0.15) is 18.4 Å². The monoisotopic (exact) mass is 342 g/mol. The number of rotatable bonds is 5. The molecule has 1 fully saturated rings. The second-order valence-electron chi connectivity index (χ2n) is 5.13. The summed E-state index contributed by atoms with van der Waals surface area (Å²) in [6.45, 7) is 1.48. The smallest absolute Gasteiger partial charge is 0.238 e. The minimum Gasteiger partial charge on any atom is -0.355 e. The number of primary sulfonamides is 1. The molecule has 1 heterocycles. The summed E-state index contributed by atoms with van der Waals surface area (Å²) in [7, 11) is -1.90. The van der Waals surface area contributed by atoms with Gasteiger partial charge in [0.05, 0.1) is 4.90 Å². The summed E-state index contributed by atoms with van der Waals surface area (Å²) in [4.78, 5) is 4.31. The van der Waals surface area contributed by atoms with Gasteiger partial charge in [-0.15, -0.1) is 0 Å². The molecule has 1 saturated heterocycles. The number of sulfonamides is 1. The standard InChI is InChI=1S/C14H22N4O2S2/c1-16-14(18-10-12-3-2-8-21-12)17-9-11-4-6-13(7-5-11)22(15,19)20/h4-7,12H,2-3,8-10H2,1H3,(H2,15,19,20)(H2,16,17,18). The van der Waals surface area contributed by atoms with E-state index >= 15 is 0 Å². The highest BCUT2D eigenvalue weighted by molar-refractivity contribution is 8.00. The molecule has 4 N–H and O–H groups in total. The van der Waals surface area contributed by atoms with E-state index in [0.29, 0.717) is 11.8 Å². The van der Waals surface area contributed by atoms with E-state index in [4.69, 9.17) is 5.14 Å². The number of thioether (sulfide) groups is 1. The van der Waals surface area contributed by atoms with Gasteiger partial charge in [-0.25, -0.2) is 13.6 Å². The van der Waals surface area contributed by atoms with Crippen molar-refractivity contribution >= 4 is 27.7 Å². The van der Waals surface area contributed by atoms with Crippen LogP contribution in [0.2, 0.25) is 0 Å². The first kappa shape index (κ1) is 17.1. The van der Waals surface area contributed by atoms with Gasteiger partial charge in [-0.05, 0) is 36.3 Å². The lowest BCUT2D eigenvalue weighted by atomic mass is 10.2. The number of nitrogens with zero attached hydrogens (tertiary/aromatic N) is 1. The number of nitrogens with two attached hydrogens (primary N) is 1. The quantitative estimate of drug-likeness (QED) is 0.545. The van der Waals surface area contributed by atoms with Crippen LogP contribution in [0, 0.1) is 0 Å². The molecule has 8 heteroatoms. The van der Waals surface area contributed by atoms with Gasteiger partial charge in [0, 0.05) is 25.4 Å². The van der Waals surface area contributed by atoms with Crippen LogP contribution < -0.4 is 15.8 Å². The summed E-state index contributed by atoms with van der Waals surface area (Å²) >= 11 is 2.00. The zero-order valence-electron chi connectivity index (χ0n) is 12.6. The van der Waals surface area contributed by atoms with Crippen LogP contribution >= 0.6 is 11.8 Å². The van der Waals surface area contributed by atoms with Crippen LogP contribution in [0.15, 0.2) is 34.2 Å². The van der Waals surface area contributed by atoms with E-state index in [9.17, 15) is 8.42 Å². The lowest BCUT2D eigenvalue weighted by Gasteiger charge is -2.15.